The number of rotatable bonds is 5. The predicted molar refractivity (Wildman–Crippen MR) is 98.7 cm³/mol. The third-order valence-electron chi connectivity index (χ3n) is 3.97. The number of thioether (sulfide) groups is 1. The number of pyridine rings is 1. The normalized spacial score (nSPS) is 10.8. The second-order valence-electron chi connectivity index (χ2n) is 5.95. The Balaban J connectivity index is 2.07. The summed E-state index contributed by atoms with van der Waals surface area (Å²) < 4.78 is 0. The van der Waals surface area contributed by atoms with Crippen molar-refractivity contribution in [2.45, 2.75) is 52.6 Å². The van der Waals surface area contributed by atoms with Gasteiger partial charge in [0.05, 0.1) is 11.4 Å². The summed E-state index contributed by atoms with van der Waals surface area (Å²) in [6, 6.07) is 1.98. The molecule has 2 heterocycles. The van der Waals surface area contributed by atoms with Crippen molar-refractivity contribution in [1.82, 2.24) is 15.0 Å². The van der Waals surface area contributed by atoms with Crippen molar-refractivity contribution in [2.24, 2.45) is 0 Å². The Morgan fingerprint density at radius 3 is 2.21 bits per heavy atom. The van der Waals surface area contributed by atoms with Crippen LogP contribution in [0.2, 0.25) is 0 Å². The number of carbonyl (C=O) groups excluding carboxylic acids is 1. The minimum atomic E-state index is -0.0143. The van der Waals surface area contributed by atoms with Crippen LogP contribution < -0.4 is 5.32 Å². The van der Waals surface area contributed by atoms with Crippen LogP contribution in [0, 0.1) is 34.6 Å². The first-order valence-electron chi connectivity index (χ1n) is 7.94. The van der Waals surface area contributed by atoms with Gasteiger partial charge in [0.25, 0.3) is 0 Å². The van der Waals surface area contributed by atoms with Crippen molar-refractivity contribution in [1.29, 1.82) is 0 Å². The Bertz CT molecular complexity index is 728. The molecule has 0 radical (unpaired) electrons. The monoisotopic (exact) mass is 344 g/mol. The molecule has 1 amide bonds. The Morgan fingerprint density at radius 1 is 1.04 bits per heavy atom. The molecule has 0 aliphatic heterocycles. The van der Waals surface area contributed by atoms with E-state index in [4.69, 9.17) is 0 Å². The quantitative estimate of drug-likeness (QED) is 0.661. The highest BCUT2D eigenvalue weighted by atomic mass is 32.2. The van der Waals surface area contributed by atoms with E-state index in [0.29, 0.717) is 12.8 Å². The minimum Gasteiger partial charge on any atom is -0.324 e. The van der Waals surface area contributed by atoms with Crippen molar-refractivity contribution in [3.63, 3.8) is 0 Å². The Morgan fingerprint density at radius 2 is 1.67 bits per heavy atom. The Labute approximate surface area is 147 Å². The van der Waals surface area contributed by atoms with Crippen molar-refractivity contribution in [3.8, 4) is 0 Å². The lowest BCUT2D eigenvalue weighted by Gasteiger charge is -2.13. The van der Waals surface area contributed by atoms with Gasteiger partial charge in [-0.15, -0.1) is 0 Å². The first-order chi connectivity index (χ1) is 11.3. The zero-order valence-corrected chi connectivity index (χ0v) is 16.0. The largest absolute Gasteiger partial charge is 0.324 e. The molecule has 0 saturated heterocycles. The van der Waals surface area contributed by atoms with Crippen molar-refractivity contribution in [2.75, 3.05) is 11.6 Å². The van der Waals surface area contributed by atoms with Crippen LogP contribution in [0.3, 0.4) is 0 Å². The van der Waals surface area contributed by atoms with Crippen LogP contribution >= 0.6 is 11.8 Å². The van der Waals surface area contributed by atoms with Gasteiger partial charge in [0.15, 0.2) is 5.16 Å². The molecule has 0 atom stereocenters. The molecule has 0 saturated carbocycles. The Hall–Kier alpha value is -1.95. The number of nitrogens with zero attached hydrogens (tertiary/aromatic N) is 3. The van der Waals surface area contributed by atoms with E-state index >= 15 is 0 Å². The van der Waals surface area contributed by atoms with Crippen LogP contribution in [0.5, 0.6) is 0 Å². The highest BCUT2D eigenvalue weighted by molar-refractivity contribution is 7.98. The van der Waals surface area contributed by atoms with Gasteiger partial charge in [-0.3, -0.25) is 9.78 Å². The molecule has 0 aromatic carbocycles. The molecule has 0 spiro atoms. The van der Waals surface area contributed by atoms with Crippen molar-refractivity contribution >= 4 is 23.4 Å². The predicted octanol–water partition coefficient (Wildman–Crippen LogP) is 3.71. The van der Waals surface area contributed by atoms with Gasteiger partial charge in [-0.1, -0.05) is 11.8 Å². The number of hydrogen-bond acceptors (Lipinski definition) is 5. The zero-order valence-electron chi connectivity index (χ0n) is 15.1. The van der Waals surface area contributed by atoms with Gasteiger partial charge >= 0.3 is 0 Å². The minimum absolute atomic E-state index is 0.0143. The van der Waals surface area contributed by atoms with E-state index in [9.17, 15) is 4.79 Å². The molecular weight excluding hydrogens is 320 g/mol. The van der Waals surface area contributed by atoms with E-state index in [1.54, 1.807) is 0 Å². The Kier molecular flexibility index (Phi) is 5.94. The highest BCUT2D eigenvalue weighted by Crippen LogP contribution is 2.21. The smallest absolute Gasteiger partial charge is 0.224 e. The summed E-state index contributed by atoms with van der Waals surface area (Å²) in [5.41, 5.74) is 6.61. The fourth-order valence-corrected chi connectivity index (χ4v) is 3.27. The van der Waals surface area contributed by atoms with E-state index in [1.165, 1.54) is 11.8 Å². The van der Waals surface area contributed by atoms with E-state index in [-0.39, 0.29) is 5.91 Å². The number of anilines is 1. The first-order valence-corrected chi connectivity index (χ1v) is 9.17. The summed E-state index contributed by atoms with van der Waals surface area (Å²) >= 11 is 1.53. The highest BCUT2D eigenvalue weighted by Gasteiger charge is 2.13. The molecule has 2 rings (SSSR count). The second kappa shape index (κ2) is 7.75. The molecular formula is C18H24N4OS. The number of amides is 1. The molecule has 2 aromatic heterocycles. The summed E-state index contributed by atoms with van der Waals surface area (Å²) in [6.07, 6.45) is 2.99. The fourth-order valence-electron chi connectivity index (χ4n) is 2.81. The number of aromatic nitrogens is 3. The number of nitrogens with one attached hydrogen (secondary N) is 1. The molecule has 0 unspecified atom stereocenters. The maximum atomic E-state index is 12.3. The standard InChI is InChI=1S/C18H24N4OS/c1-10-9-11(2)19-14(5)17(10)22-16(23)8-7-15-12(3)20-18(24-6)21-13(15)4/h9H,7-8H2,1-6H3,(H,22,23). The van der Waals surface area contributed by atoms with Gasteiger partial charge in [-0.25, -0.2) is 9.97 Å². The molecule has 0 aliphatic rings. The van der Waals surface area contributed by atoms with Crippen molar-refractivity contribution in [3.05, 3.63) is 40.0 Å². The summed E-state index contributed by atoms with van der Waals surface area (Å²) in [5.74, 6) is -0.0143. The van der Waals surface area contributed by atoms with Gasteiger partial charge in [-0.2, -0.15) is 0 Å². The third kappa shape index (κ3) is 4.32. The molecule has 2 aromatic rings. The molecule has 1 N–H and O–H groups in total. The SMILES string of the molecule is CSc1nc(C)c(CCC(=O)Nc2c(C)cc(C)nc2C)c(C)n1. The zero-order chi connectivity index (χ0) is 17.9. The van der Waals surface area contributed by atoms with Gasteiger partial charge in [-0.05, 0) is 64.5 Å². The number of aryl methyl sites for hydroxylation is 5. The van der Waals surface area contributed by atoms with Crippen LogP contribution in [0.1, 0.15) is 40.3 Å². The fraction of sp³-hybridized carbons (Fsp3) is 0.444. The molecule has 0 fully saturated rings. The maximum Gasteiger partial charge on any atom is 0.224 e. The topological polar surface area (TPSA) is 67.8 Å². The lowest BCUT2D eigenvalue weighted by molar-refractivity contribution is -0.116. The first kappa shape index (κ1) is 18.4. The van der Waals surface area contributed by atoms with E-state index in [2.05, 4.69) is 20.3 Å². The maximum absolute atomic E-state index is 12.3. The molecule has 24 heavy (non-hydrogen) atoms. The van der Waals surface area contributed by atoms with Crippen LogP contribution in [-0.4, -0.2) is 27.1 Å². The molecule has 5 nitrogen and oxygen atoms in total. The molecule has 0 aliphatic carbocycles. The molecule has 0 bridgehead atoms. The van der Waals surface area contributed by atoms with Crippen LogP contribution in [0.4, 0.5) is 5.69 Å². The van der Waals surface area contributed by atoms with E-state index in [0.717, 1.165) is 44.7 Å². The van der Waals surface area contributed by atoms with Gasteiger partial charge < -0.3 is 5.32 Å². The number of carbonyl (C=O) groups is 1. The van der Waals surface area contributed by atoms with Gasteiger partial charge in [0.1, 0.15) is 0 Å². The van der Waals surface area contributed by atoms with Crippen LogP contribution in [-0.2, 0) is 11.2 Å². The van der Waals surface area contributed by atoms with Gasteiger partial charge in [0, 0.05) is 23.5 Å². The van der Waals surface area contributed by atoms with Crippen LogP contribution in [0.15, 0.2) is 11.2 Å². The van der Waals surface area contributed by atoms with Gasteiger partial charge in [0.2, 0.25) is 5.91 Å². The summed E-state index contributed by atoms with van der Waals surface area (Å²) in [4.78, 5) is 25.7. The summed E-state index contributed by atoms with van der Waals surface area (Å²) in [5, 5.41) is 3.76. The van der Waals surface area contributed by atoms with Crippen LogP contribution in [0.25, 0.3) is 0 Å². The second-order valence-corrected chi connectivity index (χ2v) is 6.72. The van der Waals surface area contributed by atoms with Crippen molar-refractivity contribution < 1.29 is 4.79 Å². The summed E-state index contributed by atoms with van der Waals surface area (Å²) in [6.45, 7) is 9.80. The average Bonchev–Trinajstić information content (AvgIpc) is 2.49. The van der Waals surface area contributed by atoms with E-state index in [1.807, 2.05) is 46.9 Å². The molecule has 6 heteroatoms. The average molecular weight is 344 g/mol. The third-order valence-corrected chi connectivity index (χ3v) is 4.52. The molecule has 128 valence electrons. The summed E-state index contributed by atoms with van der Waals surface area (Å²) in [7, 11) is 0. The number of hydrogen-bond donors (Lipinski definition) is 1. The lowest BCUT2D eigenvalue weighted by atomic mass is 10.1. The van der Waals surface area contributed by atoms with E-state index < -0.39 is 0 Å². The lowest BCUT2D eigenvalue weighted by Crippen LogP contribution is -2.16.